The predicted molar refractivity (Wildman–Crippen MR) is 42.8 cm³/mol. The lowest BCUT2D eigenvalue weighted by molar-refractivity contribution is 0.354. The molecule has 1 rings (SSSR count). The van der Waals surface area contributed by atoms with Crippen LogP contribution >= 0.6 is 0 Å². The summed E-state index contributed by atoms with van der Waals surface area (Å²) in [6, 6.07) is 6.26. The van der Waals surface area contributed by atoms with Gasteiger partial charge in [-0.1, -0.05) is 0 Å². The Morgan fingerprint density at radius 2 is 2.00 bits per heavy atom. The van der Waals surface area contributed by atoms with Gasteiger partial charge in [-0.3, -0.25) is 0 Å². The maximum Gasteiger partial charge on any atom is 0.170 e. The normalized spacial score (nSPS) is 9.27. The average Bonchev–Trinajstić information content (AvgIpc) is 2.04. The molecule has 0 atom stereocenters. The van der Waals surface area contributed by atoms with Crippen molar-refractivity contribution in [1.29, 1.82) is 0 Å². The van der Waals surface area contributed by atoms with Gasteiger partial charge in [0.05, 0.1) is 20.3 Å². The summed E-state index contributed by atoms with van der Waals surface area (Å²) in [5.74, 6) is 1.18. The van der Waals surface area contributed by atoms with E-state index in [0.717, 1.165) is 0 Å². The first-order valence-corrected chi connectivity index (χ1v) is 3.17. The molecule has 0 unspecified atom stereocenters. The SMILES string of the molecule is COc1[c]c(N)ccc1OC. The molecule has 1 aromatic carbocycles. The van der Waals surface area contributed by atoms with Gasteiger partial charge in [-0.15, -0.1) is 0 Å². The molecule has 1 radical (unpaired) electrons. The summed E-state index contributed by atoms with van der Waals surface area (Å²) in [6.07, 6.45) is 0. The molecule has 3 nitrogen and oxygen atoms in total. The van der Waals surface area contributed by atoms with Gasteiger partial charge < -0.3 is 15.2 Å². The standard InChI is InChI=1S/C8H10NO2/c1-10-7-4-3-6(9)5-8(7)11-2/h3-4H,9H2,1-2H3. The molecule has 0 aliphatic carbocycles. The fourth-order valence-electron chi connectivity index (χ4n) is 0.788. The first-order valence-electron chi connectivity index (χ1n) is 3.17. The molecular weight excluding hydrogens is 142 g/mol. The van der Waals surface area contributed by atoms with Gasteiger partial charge >= 0.3 is 0 Å². The molecule has 11 heavy (non-hydrogen) atoms. The predicted octanol–water partition coefficient (Wildman–Crippen LogP) is 1.09. The average molecular weight is 152 g/mol. The second-order valence-electron chi connectivity index (χ2n) is 2.02. The van der Waals surface area contributed by atoms with E-state index in [1.54, 1.807) is 26.4 Å². The zero-order valence-electron chi connectivity index (χ0n) is 6.55. The topological polar surface area (TPSA) is 44.5 Å². The highest BCUT2D eigenvalue weighted by Crippen LogP contribution is 2.27. The number of nitrogen functional groups attached to an aromatic ring is 1. The van der Waals surface area contributed by atoms with Gasteiger partial charge in [0.25, 0.3) is 0 Å². The van der Waals surface area contributed by atoms with E-state index in [1.165, 1.54) is 0 Å². The summed E-state index contributed by atoms with van der Waals surface area (Å²) in [4.78, 5) is 0. The van der Waals surface area contributed by atoms with Gasteiger partial charge in [0, 0.05) is 5.69 Å². The summed E-state index contributed by atoms with van der Waals surface area (Å²) < 4.78 is 9.94. The summed E-state index contributed by atoms with van der Waals surface area (Å²) in [5, 5.41) is 0. The highest BCUT2D eigenvalue weighted by Gasteiger charge is 2.01. The van der Waals surface area contributed by atoms with E-state index in [-0.39, 0.29) is 0 Å². The van der Waals surface area contributed by atoms with E-state index in [4.69, 9.17) is 15.2 Å². The lowest BCUT2D eigenvalue weighted by Crippen LogP contribution is -1.92. The second kappa shape index (κ2) is 3.14. The minimum absolute atomic E-state index is 0.535. The molecule has 3 heteroatoms. The van der Waals surface area contributed by atoms with Crippen molar-refractivity contribution in [1.82, 2.24) is 0 Å². The van der Waals surface area contributed by atoms with Crippen LogP contribution in [0, 0.1) is 6.07 Å². The largest absolute Gasteiger partial charge is 0.493 e. The van der Waals surface area contributed by atoms with Crippen LogP contribution in [0.4, 0.5) is 5.69 Å². The van der Waals surface area contributed by atoms with Crippen molar-refractivity contribution in [2.75, 3.05) is 20.0 Å². The van der Waals surface area contributed by atoms with Crippen molar-refractivity contribution in [3.05, 3.63) is 18.2 Å². The molecule has 0 aromatic heterocycles. The van der Waals surface area contributed by atoms with E-state index in [2.05, 4.69) is 6.07 Å². The van der Waals surface area contributed by atoms with Crippen LogP contribution in [-0.4, -0.2) is 14.2 Å². The third kappa shape index (κ3) is 1.55. The van der Waals surface area contributed by atoms with Gasteiger partial charge in [0.2, 0.25) is 0 Å². The van der Waals surface area contributed by atoms with E-state index < -0.39 is 0 Å². The lowest BCUT2D eigenvalue weighted by atomic mass is 10.3. The van der Waals surface area contributed by atoms with Crippen LogP contribution in [0.5, 0.6) is 11.5 Å². The Hall–Kier alpha value is -1.38. The fraction of sp³-hybridized carbons (Fsp3) is 0.250. The highest BCUT2D eigenvalue weighted by molar-refractivity contribution is 5.50. The Balaban J connectivity index is 3.06. The minimum atomic E-state index is 0.535. The third-order valence-corrected chi connectivity index (χ3v) is 1.32. The monoisotopic (exact) mass is 152 g/mol. The Morgan fingerprint density at radius 3 is 2.55 bits per heavy atom. The van der Waals surface area contributed by atoms with Gasteiger partial charge in [-0.25, -0.2) is 0 Å². The molecule has 0 spiro atoms. The van der Waals surface area contributed by atoms with Gasteiger partial charge in [0.15, 0.2) is 11.5 Å². The molecule has 59 valence electrons. The van der Waals surface area contributed by atoms with Crippen LogP contribution in [0.1, 0.15) is 0 Å². The van der Waals surface area contributed by atoms with Gasteiger partial charge in [-0.2, -0.15) is 0 Å². The van der Waals surface area contributed by atoms with Gasteiger partial charge in [0.1, 0.15) is 0 Å². The van der Waals surface area contributed by atoms with Crippen molar-refractivity contribution in [2.45, 2.75) is 0 Å². The number of ether oxygens (including phenoxy) is 2. The number of benzene rings is 1. The Bertz CT molecular complexity index is 248. The first-order chi connectivity index (χ1) is 5.27. The van der Waals surface area contributed by atoms with Crippen molar-refractivity contribution >= 4 is 5.69 Å². The highest BCUT2D eigenvalue weighted by atomic mass is 16.5. The summed E-state index contributed by atoms with van der Waals surface area (Å²) in [7, 11) is 3.12. The molecule has 0 saturated carbocycles. The molecule has 0 amide bonds. The molecule has 0 fully saturated rings. The van der Waals surface area contributed by atoms with E-state index in [9.17, 15) is 0 Å². The van der Waals surface area contributed by atoms with E-state index in [0.29, 0.717) is 17.2 Å². The van der Waals surface area contributed by atoms with Crippen LogP contribution in [0.3, 0.4) is 0 Å². The van der Waals surface area contributed by atoms with Crippen LogP contribution in [0.25, 0.3) is 0 Å². The molecule has 0 aliphatic heterocycles. The zero-order valence-corrected chi connectivity index (χ0v) is 6.55. The number of nitrogens with two attached hydrogens (primary N) is 1. The number of hydrogen-bond acceptors (Lipinski definition) is 3. The summed E-state index contributed by atoms with van der Waals surface area (Å²) >= 11 is 0. The quantitative estimate of drug-likeness (QED) is 0.645. The van der Waals surface area contributed by atoms with Crippen LogP contribution in [0.15, 0.2) is 12.1 Å². The van der Waals surface area contributed by atoms with Crippen LogP contribution in [0.2, 0.25) is 0 Å². The zero-order chi connectivity index (χ0) is 8.27. The van der Waals surface area contributed by atoms with E-state index in [1.807, 2.05) is 0 Å². The molecule has 0 heterocycles. The van der Waals surface area contributed by atoms with Gasteiger partial charge in [-0.05, 0) is 12.1 Å². The van der Waals surface area contributed by atoms with Crippen LogP contribution < -0.4 is 15.2 Å². The number of hydrogen-bond donors (Lipinski definition) is 1. The Kier molecular flexibility index (Phi) is 2.21. The van der Waals surface area contributed by atoms with E-state index >= 15 is 0 Å². The first kappa shape index (κ1) is 7.72. The maximum atomic E-state index is 5.47. The minimum Gasteiger partial charge on any atom is -0.493 e. The Labute approximate surface area is 65.7 Å². The second-order valence-corrected chi connectivity index (χ2v) is 2.02. The summed E-state index contributed by atoms with van der Waals surface area (Å²) in [5.41, 5.74) is 6.01. The number of anilines is 1. The Morgan fingerprint density at radius 1 is 1.27 bits per heavy atom. The molecule has 2 N–H and O–H groups in total. The lowest BCUT2D eigenvalue weighted by Gasteiger charge is -2.06. The van der Waals surface area contributed by atoms with Crippen molar-refractivity contribution < 1.29 is 9.47 Å². The van der Waals surface area contributed by atoms with Crippen molar-refractivity contribution in [2.24, 2.45) is 0 Å². The number of rotatable bonds is 2. The van der Waals surface area contributed by atoms with Crippen LogP contribution in [-0.2, 0) is 0 Å². The molecular formula is C8H10NO2. The smallest absolute Gasteiger partial charge is 0.170 e. The van der Waals surface area contributed by atoms with Crippen molar-refractivity contribution in [3.63, 3.8) is 0 Å². The summed E-state index contributed by atoms with van der Waals surface area (Å²) in [6.45, 7) is 0. The third-order valence-electron chi connectivity index (χ3n) is 1.32. The maximum absolute atomic E-state index is 5.47. The number of methoxy groups -OCH3 is 2. The molecule has 0 aliphatic rings. The molecule has 1 aromatic rings. The molecule has 0 bridgehead atoms. The molecule has 0 saturated heterocycles. The fourth-order valence-corrected chi connectivity index (χ4v) is 0.788. The van der Waals surface area contributed by atoms with Crippen molar-refractivity contribution in [3.8, 4) is 11.5 Å².